The number of amides is 2. The zero-order valence-corrected chi connectivity index (χ0v) is 22.6. The van der Waals surface area contributed by atoms with Crippen molar-refractivity contribution in [3.63, 3.8) is 0 Å². The van der Waals surface area contributed by atoms with Crippen LogP contribution in [0.2, 0.25) is 0 Å². The van der Waals surface area contributed by atoms with Crippen molar-refractivity contribution in [1.29, 1.82) is 0 Å². The summed E-state index contributed by atoms with van der Waals surface area (Å²) in [5.74, 6) is -0.946. The summed E-state index contributed by atoms with van der Waals surface area (Å²) in [4.78, 5) is 38.0. The van der Waals surface area contributed by atoms with Gasteiger partial charge in [-0.15, -0.1) is 0 Å². The molecule has 3 aromatic rings. The van der Waals surface area contributed by atoms with E-state index in [2.05, 4.69) is 21.5 Å². The van der Waals surface area contributed by atoms with Crippen molar-refractivity contribution in [2.45, 2.75) is 63.8 Å². The Labute approximate surface area is 233 Å². The maximum absolute atomic E-state index is 13.5. The SMILES string of the molecule is O=C(CC1CCOCC1)NNC(=O)C1=Cc2ccccc2-c2c(C3CCCCC3)c3ccc(C(=O)O)cc3n2C1. The number of aromatic nitrogens is 1. The van der Waals surface area contributed by atoms with Crippen molar-refractivity contribution in [3.8, 4) is 11.3 Å². The number of aromatic carboxylic acids is 1. The molecule has 8 heteroatoms. The minimum Gasteiger partial charge on any atom is -0.478 e. The molecule has 1 saturated heterocycles. The number of rotatable bonds is 5. The number of carboxylic acids is 1. The summed E-state index contributed by atoms with van der Waals surface area (Å²) < 4.78 is 7.48. The quantitative estimate of drug-likeness (QED) is 0.374. The second kappa shape index (κ2) is 11.3. The first-order chi connectivity index (χ1) is 19.5. The van der Waals surface area contributed by atoms with Crippen LogP contribution < -0.4 is 10.9 Å². The average molecular weight is 542 g/mol. The topological polar surface area (TPSA) is 110 Å². The first-order valence-corrected chi connectivity index (χ1v) is 14.4. The van der Waals surface area contributed by atoms with E-state index in [4.69, 9.17) is 4.74 Å². The van der Waals surface area contributed by atoms with Gasteiger partial charge in [0, 0.05) is 41.7 Å². The predicted octanol–water partition coefficient (Wildman–Crippen LogP) is 5.42. The number of nitrogens with zero attached hydrogens (tertiary/aromatic N) is 1. The molecule has 0 atom stereocenters. The molecular weight excluding hydrogens is 506 g/mol. The van der Waals surface area contributed by atoms with E-state index in [1.165, 1.54) is 24.8 Å². The van der Waals surface area contributed by atoms with Crippen LogP contribution >= 0.6 is 0 Å². The van der Waals surface area contributed by atoms with Gasteiger partial charge < -0.3 is 14.4 Å². The standard InChI is InChI=1S/C32H35N3O5/c36-28(16-20-12-14-40-15-13-20)33-34-31(37)24-17-22-8-4-5-9-25(22)30-29(21-6-2-1-3-7-21)26-11-10-23(32(38)39)18-27(26)35(30)19-24/h4-5,8-11,17-18,20-21H,1-3,6-7,12-16,19H2,(H,33,36)(H,34,37)(H,38,39). The first-order valence-electron chi connectivity index (χ1n) is 14.4. The maximum atomic E-state index is 13.5. The number of fused-ring (bicyclic) bond motifs is 5. The monoisotopic (exact) mass is 541 g/mol. The Bertz CT molecular complexity index is 1490. The minimum atomic E-state index is -0.980. The zero-order chi connectivity index (χ0) is 27.6. The number of nitrogens with one attached hydrogen (secondary N) is 2. The van der Waals surface area contributed by atoms with Crippen molar-refractivity contribution in [3.05, 3.63) is 64.7 Å². The summed E-state index contributed by atoms with van der Waals surface area (Å²) in [7, 11) is 0. The highest BCUT2D eigenvalue weighted by Crippen LogP contribution is 2.46. The maximum Gasteiger partial charge on any atom is 0.335 e. The molecule has 1 saturated carbocycles. The van der Waals surface area contributed by atoms with Gasteiger partial charge in [0.05, 0.1) is 17.8 Å². The third-order valence-corrected chi connectivity index (χ3v) is 8.66. The number of carboxylic acid groups (broad SMARTS) is 1. The molecule has 0 bridgehead atoms. The fourth-order valence-electron chi connectivity index (χ4n) is 6.62. The van der Waals surface area contributed by atoms with Gasteiger partial charge in [0.15, 0.2) is 0 Å². The molecule has 8 nitrogen and oxygen atoms in total. The first kappa shape index (κ1) is 26.3. The molecule has 208 valence electrons. The number of benzene rings is 2. The van der Waals surface area contributed by atoms with E-state index in [1.807, 2.05) is 30.3 Å². The molecule has 2 amide bonds. The van der Waals surface area contributed by atoms with Gasteiger partial charge in [0.1, 0.15) is 0 Å². The normalized spacial score (nSPS) is 17.9. The van der Waals surface area contributed by atoms with Crippen molar-refractivity contribution < 1.29 is 24.2 Å². The zero-order valence-electron chi connectivity index (χ0n) is 22.6. The highest BCUT2D eigenvalue weighted by atomic mass is 16.5. The summed E-state index contributed by atoms with van der Waals surface area (Å²) in [5.41, 5.74) is 11.0. The number of carbonyl (C=O) groups excluding carboxylic acids is 2. The summed E-state index contributed by atoms with van der Waals surface area (Å²) >= 11 is 0. The third kappa shape index (κ3) is 5.16. The number of carbonyl (C=O) groups is 3. The highest BCUT2D eigenvalue weighted by molar-refractivity contribution is 6.03. The number of hydrogen-bond donors (Lipinski definition) is 3. The largest absolute Gasteiger partial charge is 0.478 e. The van der Waals surface area contributed by atoms with E-state index in [9.17, 15) is 19.5 Å². The van der Waals surface area contributed by atoms with Crippen LogP contribution in [0.5, 0.6) is 0 Å². The smallest absolute Gasteiger partial charge is 0.335 e. The van der Waals surface area contributed by atoms with Crippen LogP contribution in [0.4, 0.5) is 0 Å². The Balaban J connectivity index is 1.37. The van der Waals surface area contributed by atoms with Gasteiger partial charge in [-0.1, -0.05) is 49.6 Å². The van der Waals surface area contributed by atoms with Gasteiger partial charge >= 0.3 is 5.97 Å². The molecule has 1 aromatic heterocycles. The van der Waals surface area contributed by atoms with Crippen LogP contribution in [0.15, 0.2) is 48.0 Å². The predicted molar refractivity (Wildman–Crippen MR) is 153 cm³/mol. The average Bonchev–Trinajstić information content (AvgIpc) is 3.19. The number of ether oxygens (including phenoxy) is 1. The van der Waals surface area contributed by atoms with Gasteiger partial charge in [-0.25, -0.2) is 4.79 Å². The summed E-state index contributed by atoms with van der Waals surface area (Å²) in [6, 6.07) is 13.4. The highest BCUT2D eigenvalue weighted by Gasteiger charge is 2.30. The van der Waals surface area contributed by atoms with Crippen molar-refractivity contribution in [1.82, 2.24) is 15.4 Å². The van der Waals surface area contributed by atoms with Gasteiger partial charge in [0.25, 0.3) is 5.91 Å². The van der Waals surface area contributed by atoms with Crippen LogP contribution in [0.3, 0.4) is 0 Å². The van der Waals surface area contributed by atoms with Gasteiger partial charge in [-0.2, -0.15) is 0 Å². The summed E-state index contributed by atoms with van der Waals surface area (Å²) in [5, 5.41) is 10.8. The molecule has 2 fully saturated rings. The minimum absolute atomic E-state index is 0.215. The number of hydrogen-bond acceptors (Lipinski definition) is 4. The Morgan fingerprint density at radius 2 is 1.73 bits per heavy atom. The molecule has 3 heterocycles. The molecule has 0 unspecified atom stereocenters. The van der Waals surface area contributed by atoms with E-state index in [1.54, 1.807) is 12.1 Å². The van der Waals surface area contributed by atoms with E-state index >= 15 is 0 Å². The van der Waals surface area contributed by atoms with Gasteiger partial charge in [-0.3, -0.25) is 20.4 Å². The Kier molecular flexibility index (Phi) is 7.43. The summed E-state index contributed by atoms with van der Waals surface area (Å²) in [6.07, 6.45) is 9.68. The van der Waals surface area contributed by atoms with E-state index < -0.39 is 5.97 Å². The fourth-order valence-corrected chi connectivity index (χ4v) is 6.62. The second-order valence-electron chi connectivity index (χ2n) is 11.2. The summed E-state index contributed by atoms with van der Waals surface area (Å²) in [6.45, 7) is 1.59. The molecule has 0 spiro atoms. The van der Waals surface area contributed by atoms with E-state index in [-0.39, 0.29) is 29.8 Å². The lowest BCUT2D eigenvalue weighted by Crippen LogP contribution is -2.43. The molecule has 2 aliphatic heterocycles. The Hall–Kier alpha value is -3.91. The van der Waals surface area contributed by atoms with Crippen LogP contribution in [-0.2, 0) is 20.9 Å². The fraction of sp³-hybridized carbons (Fsp3) is 0.406. The van der Waals surface area contributed by atoms with Gasteiger partial charge in [0.2, 0.25) is 5.91 Å². The molecule has 3 N–H and O–H groups in total. The molecular formula is C32H35N3O5. The van der Waals surface area contributed by atoms with Crippen LogP contribution in [0.25, 0.3) is 28.2 Å². The molecule has 40 heavy (non-hydrogen) atoms. The third-order valence-electron chi connectivity index (χ3n) is 8.66. The Morgan fingerprint density at radius 1 is 0.950 bits per heavy atom. The van der Waals surface area contributed by atoms with E-state index in [0.717, 1.165) is 53.4 Å². The van der Waals surface area contributed by atoms with Crippen molar-refractivity contribution >= 4 is 34.8 Å². The lowest BCUT2D eigenvalue weighted by molar-refractivity contribution is -0.128. The van der Waals surface area contributed by atoms with E-state index in [0.29, 0.717) is 31.1 Å². The molecule has 3 aliphatic rings. The second-order valence-corrected chi connectivity index (χ2v) is 11.2. The van der Waals surface area contributed by atoms with Crippen LogP contribution in [0, 0.1) is 5.92 Å². The molecule has 2 aromatic carbocycles. The van der Waals surface area contributed by atoms with Crippen molar-refractivity contribution in [2.75, 3.05) is 13.2 Å². The lowest BCUT2D eigenvalue weighted by atomic mass is 9.81. The molecule has 0 radical (unpaired) electrons. The van der Waals surface area contributed by atoms with Crippen LogP contribution in [-0.4, -0.2) is 40.7 Å². The lowest BCUT2D eigenvalue weighted by Gasteiger charge is -2.24. The molecule has 6 rings (SSSR count). The Morgan fingerprint density at radius 3 is 2.50 bits per heavy atom. The van der Waals surface area contributed by atoms with Crippen molar-refractivity contribution in [2.24, 2.45) is 5.92 Å². The van der Waals surface area contributed by atoms with Gasteiger partial charge in [-0.05, 0) is 66.9 Å². The van der Waals surface area contributed by atoms with Crippen LogP contribution in [0.1, 0.15) is 78.8 Å². The molecule has 1 aliphatic carbocycles. The number of hydrazine groups is 1.